The van der Waals surface area contributed by atoms with Crippen LogP contribution in [-0.2, 0) is 6.42 Å². The number of nitrogens with zero attached hydrogens (tertiary/aromatic N) is 3. The first kappa shape index (κ1) is 24.0. The number of halogens is 1. The molecule has 0 atom stereocenters. The number of hydrogen-bond acceptors (Lipinski definition) is 5. The quantitative estimate of drug-likeness (QED) is 0.587. The Hall–Kier alpha value is -3.16. The van der Waals surface area contributed by atoms with Gasteiger partial charge in [0.15, 0.2) is 0 Å². The van der Waals surface area contributed by atoms with E-state index >= 15 is 0 Å². The van der Waals surface area contributed by atoms with E-state index < -0.39 is 0 Å². The molecule has 2 amide bonds. The summed E-state index contributed by atoms with van der Waals surface area (Å²) in [5.74, 6) is 1.66. The summed E-state index contributed by atoms with van der Waals surface area (Å²) in [5.41, 5.74) is 3.97. The van der Waals surface area contributed by atoms with Crippen molar-refractivity contribution in [2.75, 3.05) is 69.1 Å². The SMILES string of the molecule is COc1ccc2c3c(ccc2c1)N(C(=O)Nc1ccc(OC)c(N2CCN(C)CC2)c1)CC3.Cl. The zero-order chi connectivity index (χ0) is 22.9. The summed E-state index contributed by atoms with van der Waals surface area (Å²) < 4.78 is 11.0. The predicted octanol–water partition coefficient (Wildman–Crippen LogP) is 4.63. The Bertz CT molecular complexity index is 1190. The zero-order valence-electron chi connectivity index (χ0n) is 19.8. The molecular formula is C26H31ClN4O3. The van der Waals surface area contributed by atoms with Gasteiger partial charge < -0.3 is 24.6 Å². The van der Waals surface area contributed by atoms with Crippen LogP contribution in [0.2, 0.25) is 0 Å². The van der Waals surface area contributed by atoms with Crippen molar-refractivity contribution in [3.8, 4) is 11.5 Å². The molecule has 0 saturated carbocycles. The number of benzene rings is 3. The lowest BCUT2D eigenvalue weighted by atomic mass is 10.0. The van der Waals surface area contributed by atoms with E-state index in [-0.39, 0.29) is 18.4 Å². The highest BCUT2D eigenvalue weighted by molar-refractivity contribution is 6.06. The molecule has 0 spiro atoms. The van der Waals surface area contributed by atoms with E-state index in [1.165, 1.54) is 10.9 Å². The van der Waals surface area contributed by atoms with Gasteiger partial charge in [-0.3, -0.25) is 4.90 Å². The van der Waals surface area contributed by atoms with Gasteiger partial charge in [0.25, 0.3) is 0 Å². The summed E-state index contributed by atoms with van der Waals surface area (Å²) in [4.78, 5) is 19.7. The number of piperazine rings is 1. The Morgan fingerprint density at radius 2 is 1.68 bits per heavy atom. The Morgan fingerprint density at radius 1 is 0.882 bits per heavy atom. The topological polar surface area (TPSA) is 57.3 Å². The fraction of sp³-hybridized carbons (Fsp3) is 0.346. The van der Waals surface area contributed by atoms with Crippen LogP contribution < -0.4 is 24.6 Å². The first-order valence-electron chi connectivity index (χ1n) is 11.4. The number of amides is 2. The number of ether oxygens (including phenoxy) is 2. The number of rotatable bonds is 4. The molecule has 34 heavy (non-hydrogen) atoms. The van der Waals surface area contributed by atoms with Gasteiger partial charge in [-0.05, 0) is 66.2 Å². The Kier molecular flexibility index (Phi) is 7.05. The molecule has 3 aromatic rings. The third-order valence-corrected chi connectivity index (χ3v) is 6.71. The van der Waals surface area contributed by atoms with Crippen molar-refractivity contribution < 1.29 is 14.3 Å². The Balaban J connectivity index is 0.00000274. The van der Waals surface area contributed by atoms with Crippen LogP contribution in [0.15, 0.2) is 48.5 Å². The molecule has 0 unspecified atom stereocenters. The summed E-state index contributed by atoms with van der Waals surface area (Å²) in [6, 6.07) is 15.9. The lowest BCUT2D eigenvalue weighted by molar-refractivity contribution is 0.257. The van der Waals surface area contributed by atoms with E-state index in [9.17, 15) is 4.79 Å². The minimum absolute atomic E-state index is 0. The molecule has 180 valence electrons. The van der Waals surface area contributed by atoms with Crippen molar-refractivity contribution in [3.05, 3.63) is 54.1 Å². The molecule has 0 radical (unpaired) electrons. The van der Waals surface area contributed by atoms with Crippen LogP contribution in [0.5, 0.6) is 11.5 Å². The van der Waals surface area contributed by atoms with Crippen molar-refractivity contribution in [2.45, 2.75) is 6.42 Å². The number of fused-ring (bicyclic) bond motifs is 3. The smallest absolute Gasteiger partial charge is 0.326 e. The fourth-order valence-corrected chi connectivity index (χ4v) is 4.81. The number of carbonyl (C=O) groups is 1. The molecule has 3 aromatic carbocycles. The number of hydrogen-bond donors (Lipinski definition) is 1. The van der Waals surface area contributed by atoms with E-state index in [1.807, 2.05) is 41.3 Å². The van der Waals surface area contributed by atoms with Crippen LogP contribution >= 0.6 is 12.4 Å². The van der Waals surface area contributed by atoms with Gasteiger partial charge in [-0.2, -0.15) is 0 Å². The minimum Gasteiger partial charge on any atom is -0.497 e. The average Bonchev–Trinajstić information content (AvgIpc) is 3.29. The molecule has 1 saturated heterocycles. The molecule has 7 nitrogen and oxygen atoms in total. The molecule has 2 aliphatic heterocycles. The number of likely N-dealkylation sites (N-methyl/N-ethyl adjacent to an activating group) is 1. The number of urea groups is 1. The highest BCUT2D eigenvalue weighted by Crippen LogP contribution is 2.37. The highest BCUT2D eigenvalue weighted by atomic mass is 35.5. The van der Waals surface area contributed by atoms with Crippen LogP contribution in [0, 0.1) is 0 Å². The van der Waals surface area contributed by atoms with Crippen molar-refractivity contribution in [1.82, 2.24) is 4.90 Å². The highest BCUT2D eigenvalue weighted by Gasteiger charge is 2.27. The van der Waals surface area contributed by atoms with E-state index in [0.29, 0.717) is 6.54 Å². The van der Waals surface area contributed by atoms with Crippen molar-refractivity contribution >= 4 is 46.3 Å². The number of anilines is 3. The fourth-order valence-electron chi connectivity index (χ4n) is 4.81. The first-order valence-corrected chi connectivity index (χ1v) is 11.4. The van der Waals surface area contributed by atoms with Crippen LogP contribution in [0.3, 0.4) is 0 Å². The van der Waals surface area contributed by atoms with Gasteiger partial charge in [-0.25, -0.2) is 4.79 Å². The molecule has 2 heterocycles. The van der Waals surface area contributed by atoms with Gasteiger partial charge in [0, 0.05) is 44.1 Å². The summed E-state index contributed by atoms with van der Waals surface area (Å²) in [6.07, 6.45) is 0.835. The monoisotopic (exact) mass is 482 g/mol. The van der Waals surface area contributed by atoms with E-state index in [0.717, 1.165) is 66.5 Å². The van der Waals surface area contributed by atoms with Gasteiger partial charge in [0.1, 0.15) is 11.5 Å². The second-order valence-electron chi connectivity index (χ2n) is 8.66. The van der Waals surface area contributed by atoms with Crippen molar-refractivity contribution in [2.24, 2.45) is 0 Å². The van der Waals surface area contributed by atoms with E-state index in [4.69, 9.17) is 9.47 Å². The lowest BCUT2D eigenvalue weighted by Crippen LogP contribution is -2.44. The first-order chi connectivity index (χ1) is 16.1. The maximum absolute atomic E-state index is 13.2. The van der Waals surface area contributed by atoms with Crippen molar-refractivity contribution in [3.63, 3.8) is 0 Å². The third kappa shape index (κ3) is 4.45. The van der Waals surface area contributed by atoms with Gasteiger partial charge in [0.2, 0.25) is 0 Å². The maximum Gasteiger partial charge on any atom is 0.326 e. The van der Waals surface area contributed by atoms with Crippen LogP contribution in [0.25, 0.3) is 10.8 Å². The van der Waals surface area contributed by atoms with Crippen LogP contribution in [0.1, 0.15) is 5.56 Å². The minimum atomic E-state index is -0.115. The molecular weight excluding hydrogens is 452 g/mol. The second-order valence-corrected chi connectivity index (χ2v) is 8.66. The maximum atomic E-state index is 13.2. The zero-order valence-corrected chi connectivity index (χ0v) is 20.7. The van der Waals surface area contributed by atoms with Gasteiger partial charge in [0.05, 0.1) is 19.9 Å². The predicted molar refractivity (Wildman–Crippen MR) is 141 cm³/mol. The lowest BCUT2D eigenvalue weighted by Gasteiger charge is -2.35. The molecule has 5 rings (SSSR count). The number of nitrogens with one attached hydrogen (secondary N) is 1. The molecule has 0 bridgehead atoms. The molecule has 1 fully saturated rings. The number of methoxy groups -OCH3 is 2. The largest absolute Gasteiger partial charge is 0.497 e. The van der Waals surface area contributed by atoms with Crippen molar-refractivity contribution in [1.29, 1.82) is 0 Å². The molecule has 8 heteroatoms. The Morgan fingerprint density at radius 3 is 2.41 bits per heavy atom. The molecule has 0 aliphatic carbocycles. The molecule has 1 N–H and O–H groups in total. The van der Waals surface area contributed by atoms with Gasteiger partial charge in [-0.15, -0.1) is 12.4 Å². The van der Waals surface area contributed by atoms with Gasteiger partial charge >= 0.3 is 6.03 Å². The summed E-state index contributed by atoms with van der Waals surface area (Å²) in [7, 11) is 5.50. The standard InChI is InChI=1S/C26H30N4O3.ClH/c1-28-12-14-29(15-13-28)24-17-19(5-9-25(24)33-3)27-26(31)30-11-10-22-21-7-6-20(32-2)16-18(21)4-8-23(22)30;/h4-9,16-17H,10-15H2,1-3H3,(H,27,31);1H. The third-order valence-electron chi connectivity index (χ3n) is 6.71. The second kappa shape index (κ2) is 9.99. The van der Waals surface area contributed by atoms with Gasteiger partial charge in [-0.1, -0.05) is 12.1 Å². The molecule has 2 aliphatic rings. The van der Waals surface area contributed by atoms with Crippen LogP contribution in [0.4, 0.5) is 21.9 Å². The van der Waals surface area contributed by atoms with Crippen LogP contribution in [-0.4, -0.2) is 64.9 Å². The van der Waals surface area contributed by atoms with E-state index in [2.05, 4.69) is 34.3 Å². The van der Waals surface area contributed by atoms with E-state index in [1.54, 1.807) is 14.2 Å². The summed E-state index contributed by atoms with van der Waals surface area (Å²) in [5, 5.41) is 5.40. The average molecular weight is 483 g/mol. The summed E-state index contributed by atoms with van der Waals surface area (Å²) >= 11 is 0. The Labute approximate surface area is 206 Å². The normalized spacial score (nSPS) is 15.6. The number of carbonyl (C=O) groups excluding carboxylic acids is 1. The molecule has 0 aromatic heterocycles. The summed E-state index contributed by atoms with van der Waals surface area (Å²) in [6.45, 7) is 4.53.